The number of carbonyl (C=O) groups is 1. The Morgan fingerprint density at radius 1 is 1.10 bits per heavy atom. The first-order valence-corrected chi connectivity index (χ1v) is 6.40. The molecule has 0 aliphatic carbocycles. The van der Waals surface area contributed by atoms with Crippen LogP contribution in [0.15, 0.2) is 30.3 Å². The van der Waals surface area contributed by atoms with E-state index in [-0.39, 0.29) is 23.8 Å². The number of likely N-dealkylation sites (N-methyl/N-ethyl adjacent to an activating group) is 1. The van der Waals surface area contributed by atoms with Gasteiger partial charge in [-0.1, -0.05) is 0 Å². The van der Waals surface area contributed by atoms with Gasteiger partial charge in [0.25, 0.3) is 0 Å². The molecule has 0 bridgehead atoms. The number of nitrogens with zero attached hydrogens (tertiary/aromatic N) is 1. The number of phenolic OH excluding ortho intramolecular Hbond substituents is 2. The largest absolute Gasteiger partial charge is 0.508 e. The van der Waals surface area contributed by atoms with Crippen molar-refractivity contribution in [2.45, 2.75) is 13.3 Å². The molecule has 2 aromatic rings. The van der Waals surface area contributed by atoms with Gasteiger partial charge in [-0.15, -0.1) is 0 Å². The van der Waals surface area contributed by atoms with Crippen LogP contribution in [0.4, 0.5) is 5.69 Å². The zero-order chi connectivity index (χ0) is 14.4. The van der Waals surface area contributed by atoms with Gasteiger partial charge in [-0.05, 0) is 47.9 Å². The first kappa shape index (κ1) is 12.5. The summed E-state index contributed by atoms with van der Waals surface area (Å²) in [5.41, 5.74) is 4.05. The van der Waals surface area contributed by atoms with Crippen LogP contribution in [0.25, 0.3) is 11.1 Å². The van der Waals surface area contributed by atoms with E-state index in [9.17, 15) is 15.0 Å². The van der Waals surface area contributed by atoms with Crippen LogP contribution < -0.4 is 4.90 Å². The maximum absolute atomic E-state index is 12.2. The molecule has 2 N–H and O–H groups in total. The summed E-state index contributed by atoms with van der Waals surface area (Å²) in [5, 5.41) is 19.5. The van der Waals surface area contributed by atoms with Crippen molar-refractivity contribution in [3.05, 3.63) is 41.5 Å². The molecule has 1 heterocycles. The summed E-state index contributed by atoms with van der Waals surface area (Å²) in [6.07, 6.45) is 0.231. The van der Waals surface area contributed by atoms with Crippen LogP contribution in [0.2, 0.25) is 0 Å². The molecule has 0 saturated heterocycles. The van der Waals surface area contributed by atoms with E-state index in [4.69, 9.17) is 0 Å². The van der Waals surface area contributed by atoms with E-state index in [1.54, 1.807) is 36.2 Å². The van der Waals surface area contributed by atoms with Crippen LogP contribution in [-0.4, -0.2) is 23.2 Å². The fourth-order valence-electron chi connectivity index (χ4n) is 2.58. The van der Waals surface area contributed by atoms with Crippen LogP contribution in [0.3, 0.4) is 0 Å². The van der Waals surface area contributed by atoms with Crippen molar-refractivity contribution in [2.24, 2.45) is 0 Å². The third-order valence-corrected chi connectivity index (χ3v) is 3.77. The average molecular weight is 269 g/mol. The standard InChI is InChI=1S/C16H15NO3/c1-9-5-13-10(6-15(9)19)7-16(20)17(2)14-8-11(18)3-4-12(13)14/h3-6,8,18-19H,7H2,1-2H3. The van der Waals surface area contributed by atoms with Gasteiger partial charge < -0.3 is 15.1 Å². The predicted molar refractivity (Wildman–Crippen MR) is 77.1 cm³/mol. The molecule has 1 amide bonds. The summed E-state index contributed by atoms with van der Waals surface area (Å²) in [4.78, 5) is 13.8. The molecule has 102 valence electrons. The first-order chi connectivity index (χ1) is 9.47. The number of rotatable bonds is 0. The summed E-state index contributed by atoms with van der Waals surface area (Å²) in [6.45, 7) is 1.83. The first-order valence-electron chi connectivity index (χ1n) is 6.40. The molecular weight excluding hydrogens is 254 g/mol. The van der Waals surface area contributed by atoms with Gasteiger partial charge in [0.2, 0.25) is 5.91 Å². The zero-order valence-electron chi connectivity index (χ0n) is 11.3. The van der Waals surface area contributed by atoms with Gasteiger partial charge in [-0.3, -0.25) is 4.79 Å². The van der Waals surface area contributed by atoms with Gasteiger partial charge in [0.05, 0.1) is 12.1 Å². The van der Waals surface area contributed by atoms with E-state index in [0.717, 1.165) is 22.3 Å². The number of hydrogen-bond acceptors (Lipinski definition) is 3. The Balaban J connectivity index is 2.34. The fraction of sp³-hybridized carbons (Fsp3) is 0.188. The Bertz CT molecular complexity index is 722. The van der Waals surface area contributed by atoms with Crippen LogP contribution in [0.1, 0.15) is 11.1 Å². The zero-order valence-corrected chi connectivity index (χ0v) is 11.3. The van der Waals surface area contributed by atoms with Gasteiger partial charge in [0, 0.05) is 18.7 Å². The van der Waals surface area contributed by atoms with Gasteiger partial charge in [-0.2, -0.15) is 0 Å². The van der Waals surface area contributed by atoms with Crippen LogP contribution in [0.5, 0.6) is 11.5 Å². The molecule has 2 aromatic carbocycles. The minimum absolute atomic E-state index is 0.0705. The molecule has 1 aliphatic rings. The molecular formula is C16H15NO3. The van der Waals surface area contributed by atoms with E-state index >= 15 is 0 Å². The highest BCUT2D eigenvalue weighted by atomic mass is 16.3. The number of phenols is 2. The predicted octanol–water partition coefficient (Wildman–Crippen LogP) is 2.59. The van der Waals surface area contributed by atoms with Gasteiger partial charge in [0.1, 0.15) is 11.5 Å². The van der Waals surface area contributed by atoms with Crippen molar-refractivity contribution in [1.82, 2.24) is 0 Å². The Hall–Kier alpha value is -2.49. The Kier molecular flexibility index (Phi) is 2.67. The van der Waals surface area contributed by atoms with Crippen LogP contribution >= 0.6 is 0 Å². The number of aryl methyl sites for hydroxylation is 1. The monoisotopic (exact) mass is 269 g/mol. The van der Waals surface area contributed by atoms with E-state index in [1.165, 1.54) is 0 Å². The third-order valence-electron chi connectivity index (χ3n) is 3.77. The lowest BCUT2D eigenvalue weighted by atomic mass is 9.95. The summed E-state index contributed by atoms with van der Waals surface area (Å²) < 4.78 is 0. The SMILES string of the molecule is Cc1cc2c(cc1O)CC(=O)N(C)c1cc(O)ccc1-2. The van der Waals surface area contributed by atoms with E-state index in [0.29, 0.717) is 5.69 Å². The van der Waals surface area contributed by atoms with E-state index in [1.807, 2.05) is 13.0 Å². The molecule has 0 spiro atoms. The summed E-state index contributed by atoms with van der Waals surface area (Å²) in [5.74, 6) is 0.252. The Labute approximate surface area is 116 Å². The van der Waals surface area contributed by atoms with Crippen molar-refractivity contribution in [1.29, 1.82) is 0 Å². The molecule has 0 unspecified atom stereocenters. The van der Waals surface area contributed by atoms with Crippen molar-refractivity contribution in [2.75, 3.05) is 11.9 Å². The molecule has 0 aromatic heterocycles. The Morgan fingerprint density at radius 3 is 2.60 bits per heavy atom. The highest BCUT2D eigenvalue weighted by Crippen LogP contribution is 2.40. The van der Waals surface area contributed by atoms with Gasteiger partial charge >= 0.3 is 0 Å². The van der Waals surface area contributed by atoms with Crippen LogP contribution in [-0.2, 0) is 11.2 Å². The molecule has 0 atom stereocenters. The molecule has 1 aliphatic heterocycles. The number of amides is 1. The molecule has 20 heavy (non-hydrogen) atoms. The second kappa shape index (κ2) is 4.27. The number of hydrogen-bond donors (Lipinski definition) is 2. The summed E-state index contributed by atoms with van der Waals surface area (Å²) in [6, 6.07) is 8.53. The summed E-state index contributed by atoms with van der Waals surface area (Å²) in [7, 11) is 1.69. The van der Waals surface area contributed by atoms with E-state index < -0.39 is 0 Å². The van der Waals surface area contributed by atoms with Crippen molar-refractivity contribution in [3.63, 3.8) is 0 Å². The minimum Gasteiger partial charge on any atom is -0.508 e. The lowest BCUT2D eigenvalue weighted by Crippen LogP contribution is -2.26. The number of fused-ring (bicyclic) bond motifs is 3. The number of benzene rings is 2. The lowest BCUT2D eigenvalue weighted by molar-refractivity contribution is -0.117. The molecule has 0 radical (unpaired) electrons. The number of carbonyl (C=O) groups excluding carboxylic acids is 1. The minimum atomic E-state index is -0.0705. The van der Waals surface area contributed by atoms with Gasteiger partial charge in [0.15, 0.2) is 0 Å². The molecule has 3 rings (SSSR count). The second-order valence-electron chi connectivity index (χ2n) is 5.13. The quantitative estimate of drug-likeness (QED) is 0.772. The molecule has 4 nitrogen and oxygen atoms in total. The van der Waals surface area contributed by atoms with Crippen LogP contribution in [0, 0.1) is 6.92 Å². The second-order valence-corrected chi connectivity index (χ2v) is 5.13. The van der Waals surface area contributed by atoms with Gasteiger partial charge in [-0.25, -0.2) is 0 Å². The topological polar surface area (TPSA) is 60.8 Å². The molecule has 0 saturated carbocycles. The summed E-state index contributed by atoms with van der Waals surface area (Å²) >= 11 is 0. The lowest BCUT2D eigenvalue weighted by Gasteiger charge is -2.17. The normalized spacial score (nSPS) is 13.7. The van der Waals surface area contributed by atoms with Crippen molar-refractivity contribution >= 4 is 11.6 Å². The Morgan fingerprint density at radius 2 is 1.85 bits per heavy atom. The maximum Gasteiger partial charge on any atom is 0.231 e. The van der Waals surface area contributed by atoms with Crippen molar-refractivity contribution in [3.8, 4) is 22.6 Å². The van der Waals surface area contributed by atoms with E-state index in [2.05, 4.69) is 0 Å². The highest BCUT2D eigenvalue weighted by molar-refractivity contribution is 6.02. The number of anilines is 1. The number of aromatic hydroxyl groups is 2. The third kappa shape index (κ3) is 1.81. The molecule has 4 heteroatoms. The van der Waals surface area contributed by atoms with Crippen molar-refractivity contribution < 1.29 is 15.0 Å². The fourth-order valence-corrected chi connectivity index (χ4v) is 2.58. The average Bonchev–Trinajstić information content (AvgIpc) is 2.49. The smallest absolute Gasteiger partial charge is 0.231 e. The molecule has 0 fully saturated rings. The maximum atomic E-state index is 12.2. The highest BCUT2D eigenvalue weighted by Gasteiger charge is 2.24.